The van der Waals surface area contributed by atoms with Gasteiger partial charge in [-0.05, 0) is 32.0 Å². The van der Waals surface area contributed by atoms with Crippen molar-refractivity contribution in [1.82, 2.24) is 5.32 Å². The Kier molecular flexibility index (Phi) is 2.74. The summed E-state index contributed by atoms with van der Waals surface area (Å²) in [6.45, 7) is 1.82. The number of nitrogens with one attached hydrogen (secondary N) is 1. The number of esters is 1. The molecule has 0 aliphatic carbocycles. The Labute approximate surface area is 106 Å². The van der Waals surface area contributed by atoms with Crippen LogP contribution < -0.4 is 10.1 Å². The largest absolute Gasteiger partial charge is 0.477 e. The lowest BCUT2D eigenvalue weighted by atomic mass is 9.70. The smallest absolute Gasteiger partial charge is 0.348 e. The number of fused-ring (bicyclic) bond motifs is 2. The number of piperidine rings is 1. The van der Waals surface area contributed by atoms with Crippen molar-refractivity contribution in [2.75, 3.05) is 20.2 Å². The fourth-order valence-electron chi connectivity index (χ4n) is 3.15. The van der Waals surface area contributed by atoms with Crippen LogP contribution in [0.3, 0.4) is 0 Å². The average molecular weight is 247 g/mol. The standard InChI is InChI=1S/C14H17NO3/c1-17-13(16)12-14(6-8-15-9-7-14)10-4-2-3-5-11(10)18-12/h2-5,12,15H,6-9H2,1H3/t12-/m1/s1. The summed E-state index contributed by atoms with van der Waals surface area (Å²) >= 11 is 0. The summed E-state index contributed by atoms with van der Waals surface area (Å²) in [4.78, 5) is 12.0. The van der Waals surface area contributed by atoms with E-state index in [0.717, 1.165) is 37.2 Å². The minimum atomic E-state index is -0.498. The third kappa shape index (κ3) is 1.52. The van der Waals surface area contributed by atoms with Gasteiger partial charge in [0.15, 0.2) is 0 Å². The van der Waals surface area contributed by atoms with Gasteiger partial charge in [0.05, 0.1) is 7.11 Å². The van der Waals surface area contributed by atoms with Gasteiger partial charge >= 0.3 is 5.97 Å². The van der Waals surface area contributed by atoms with Crippen LogP contribution in [0.1, 0.15) is 18.4 Å². The molecule has 4 heteroatoms. The van der Waals surface area contributed by atoms with Crippen molar-refractivity contribution in [3.05, 3.63) is 29.8 Å². The summed E-state index contributed by atoms with van der Waals surface area (Å²) in [5.41, 5.74) is 0.941. The Morgan fingerprint density at radius 3 is 2.83 bits per heavy atom. The highest BCUT2D eigenvalue weighted by atomic mass is 16.6. The Morgan fingerprint density at radius 2 is 2.11 bits per heavy atom. The predicted molar refractivity (Wildman–Crippen MR) is 66.7 cm³/mol. The van der Waals surface area contributed by atoms with Gasteiger partial charge in [0.2, 0.25) is 6.10 Å². The fourth-order valence-corrected chi connectivity index (χ4v) is 3.15. The minimum absolute atomic E-state index is 0.213. The van der Waals surface area contributed by atoms with E-state index >= 15 is 0 Å². The number of ether oxygens (including phenoxy) is 2. The van der Waals surface area contributed by atoms with Crippen LogP contribution in [0, 0.1) is 0 Å². The Balaban J connectivity index is 2.06. The molecule has 1 aromatic carbocycles. The van der Waals surface area contributed by atoms with E-state index in [9.17, 15) is 4.79 Å². The van der Waals surface area contributed by atoms with Crippen molar-refractivity contribution in [2.24, 2.45) is 0 Å². The maximum atomic E-state index is 12.0. The number of carbonyl (C=O) groups is 1. The maximum Gasteiger partial charge on any atom is 0.348 e. The van der Waals surface area contributed by atoms with Crippen LogP contribution in [0.15, 0.2) is 24.3 Å². The first-order valence-corrected chi connectivity index (χ1v) is 6.33. The zero-order valence-corrected chi connectivity index (χ0v) is 10.4. The quantitative estimate of drug-likeness (QED) is 0.759. The van der Waals surface area contributed by atoms with E-state index in [4.69, 9.17) is 9.47 Å². The van der Waals surface area contributed by atoms with Crippen LogP contribution in [-0.4, -0.2) is 32.3 Å². The van der Waals surface area contributed by atoms with E-state index in [1.165, 1.54) is 7.11 Å². The SMILES string of the molecule is COC(=O)[C@H]1Oc2ccccc2C12CCNCC2. The van der Waals surface area contributed by atoms with E-state index in [1.807, 2.05) is 18.2 Å². The van der Waals surface area contributed by atoms with Crippen LogP contribution in [0.2, 0.25) is 0 Å². The topological polar surface area (TPSA) is 47.6 Å². The molecule has 1 aromatic rings. The molecule has 0 amide bonds. The minimum Gasteiger partial charge on any atom is -0.477 e. The maximum absolute atomic E-state index is 12.0. The highest BCUT2D eigenvalue weighted by Crippen LogP contribution is 2.48. The Morgan fingerprint density at radius 1 is 1.39 bits per heavy atom. The summed E-state index contributed by atoms with van der Waals surface area (Å²) in [5, 5.41) is 3.34. The molecule has 0 aromatic heterocycles. The van der Waals surface area contributed by atoms with Gasteiger partial charge in [-0.1, -0.05) is 18.2 Å². The molecule has 0 unspecified atom stereocenters. The highest BCUT2D eigenvalue weighted by molar-refractivity contribution is 5.79. The van der Waals surface area contributed by atoms with Crippen molar-refractivity contribution < 1.29 is 14.3 Å². The van der Waals surface area contributed by atoms with Crippen LogP contribution in [0.25, 0.3) is 0 Å². The van der Waals surface area contributed by atoms with Gasteiger partial charge in [-0.25, -0.2) is 4.79 Å². The molecule has 3 rings (SSSR count). The molecule has 96 valence electrons. The van der Waals surface area contributed by atoms with Crippen molar-refractivity contribution in [2.45, 2.75) is 24.4 Å². The number of carbonyl (C=O) groups excluding carboxylic acids is 1. The Hall–Kier alpha value is -1.55. The summed E-state index contributed by atoms with van der Waals surface area (Å²) in [6.07, 6.45) is 1.31. The molecule has 18 heavy (non-hydrogen) atoms. The summed E-state index contributed by atoms with van der Waals surface area (Å²) in [6, 6.07) is 7.95. The molecule has 1 saturated heterocycles. The molecule has 0 bridgehead atoms. The number of methoxy groups -OCH3 is 1. The predicted octanol–water partition coefficient (Wildman–Crippen LogP) is 1.24. The van der Waals surface area contributed by atoms with Crippen LogP contribution in [-0.2, 0) is 14.9 Å². The van der Waals surface area contributed by atoms with Crippen molar-refractivity contribution in [3.63, 3.8) is 0 Å². The molecule has 2 aliphatic rings. The third-order valence-corrected chi connectivity index (χ3v) is 4.08. The van der Waals surface area contributed by atoms with Gasteiger partial charge < -0.3 is 14.8 Å². The molecule has 4 nitrogen and oxygen atoms in total. The van der Waals surface area contributed by atoms with Gasteiger partial charge in [-0.15, -0.1) is 0 Å². The molecule has 1 fully saturated rings. The van der Waals surface area contributed by atoms with Gasteiger partial charge in [0.1, 0.15) is 5.75 Å². The zero-order chi connectivity index (χ0) is 12.6. The lowest BCUT2D eigenvalue weighted by Crippen LogP contribution is -2.50. The highest BCUT2D eigenvalue weighted by Gasteiger charge is 2.53. The molecular formula is C14H17NO3. The van der Waals surface area contributed by atoms with Crippen LogP contribution in [0.5, 0.6) is 5.75 Å². The first-order valence-electron chi connectivity index (χ1n) is 6.33. The second kappa shape index (κ2) is 4.28. The first-order chi connectivity index (χ1) is 8.78. The second-order valence-corrected chi connectivity index (χ2v) is 4.92. The monoisotopic (exact) mass is 247 g/mol. The van der Waals surface area contributed by atoms with E-state index in [1.54, 1.807) is 0 Å². The molecule has 2 heterocycles. The fraction of sp³-hybridized carbons (Fsp3) is 0.500. The lowest BCUT2D eigenvalue weighted by Gasteiger charge is -2.36. The average Bonchev–Trinajstić information content (AvgIpc) is 2.74. The summed E-state index contributed by atoms with van der Waals surface area (Å²) < 4.78 is 10.8. The van der Waals surface area contributed by atoms with Crippen molar-refractivity contribution in [1.29, 1.82) is 0 Å². The molecule has 2 aliphatic heterocycles. The third-order valence-electron chi connectivity index (χ3n) is 4.08. The number of hydrogen-bond donors (Lipinski definition) is 1. The van der Waals surface area contributed by atoms with E-state index in [0.29, 0.717) is 0 Å². The normalized spacial score (nSPS) is 24.4. The number of hydrogen-bond acceptors (Lipinski definition) is 4. The molecule has 0 radical (unpaired) electrons. The second-order valence-electron chi connectivity index (χ2n) is 4.92. The van der Waals surface area contributed by atoms with E-state index < -0.39 is 6.10 Å². The lowest BCUT2D eigenvalue weighted by molar-refractivity contribution is -0.151. The summed E-state index contributed by atoms with van der Waals surface area (Å²) in [5.74, 6) is 0.558. The van der Waals surface area contributed by atoms with Crippen molar-refractivity contribution in [3.8, 4) is 5.75 Å². The van der Waals surface area contributed by atoms with Crippen LogP contribution >= 0.6 is 0 Å². The van der Waals surface area contributed by atoms with Crippen LogP contribution in [0.4, 0.5) is 0 Å². The van der Waals surface area contributed by atoms with Gasteiger partial charge in [0.25, 0.3) is 0 Å². The molecule has 1 N–H and O–H groups in total. The molecule has 0 saturated carbocycles. The molecule has 1 spiro atoms. The van der Waals surface area contributed by atoms with Gasteiger partial charge in [-0.2, -0.15) is 0 Å². The summed E-state index contributed by atoms with van der Waals surface area (Å²) in [7, 11) is 1.42. The molecule has 1 atom stereocenters. The number of rotatable bonds is 1. The van der Waals surface area contributed by atoms with Gasteiger partial charge in [0, 0.05) is 11.0 Å². The van der Waals surface area contributed by atoms with Gasteiger partial charge in [-0.3, -0.25) is 0 Å². The van der Waals surface area contributed by atoms with E-state index in [2.05, 4.69) is 11.4 Å². The number of para-hydroxylation sites is 1. The first kappa shape index (κ1) is 11.5. The number of benzene rings is 1. The van der Waals surface area contributed by atoms with E-state index in [-0.39, 0.29) is 11.4 Å². The molecular weight excluding hydrogens is 230 g/mol. The Bertz CT molecular complexity index is 466. The zero-order valence-electron chi connectivity index (χ0n) is 10.4. The van der Waals surface area contributed by atoms with Crippen molar-refractivity contribution >= 4 is 5.97 Å².